The zero-order chi connectivity index (χ0) is 14.5. The lowest BCUT2D eigenvalue weighted by atomic mass is 9.93. The van der Waals surface area contributed by atoms with Gasteiger partial charge in [-0.15, -0.1) is 0 Å². The molecule has 0 heterocycles. The second-order valence-corrected chi connectivity index (χ2v) is 6.03. The van der Waals surface area contributed by atoms with Crippen LogP contribution in [-0.2, 0) is 6.42 Å². The van der Waals surface area contributed by atoms with Gasteiger partial charge in [0.2, 0.25) is 0 Å². The van der Waals surface area contributed by atoms with Crippen molar-refractivity contribution < 1.29 is 4.39 Å². The lowest BCUT2D eigenvalue weighted by Crippen LogP contribution is -2.37. The van der Waals surface area contributed by atoms with Crippen molar-refractivity contribution in [2.45, 2.75) is 64.5 Å². The van der Waals surface area contributed by atoms with Crippen molar-refractivity contribution in [1.82, 2.24) is 0 Å². The molecular formula is C17H27FN2. The molecule has 1 aliphatic carbocycles. The molecule has 0 radical (unpaired) electrons. The Morgan fingerprint density at radius 1 is 1.30 bits per heavy atom. The molecule has 0 aromatic heterocycles. The maximum atomic E-state index is 13.5. The second kappa shape index (κ2) is 7.07. The van der Waals surface area contributed by atoms with Crippen LogP contribution >= 0.6 is 0 Å². The number of hydrogen-bond acceptors (Lipinski definition) is 2. The van der Waals surface area contributed by atoms with E-state index < -0.39 is 0 Å². The molecule has 112 valence electrons. The van der Waals surface area contributed by atoms with E-state index >= 15 is 0 Å². The fourth-order valence-corrected chi connectivity index (χ4v) is 3.36. The normalized spacial score (nSPS) is 18.0. The number of nitrogens with zero attached hydrogens (tertiary/aromatic N) is 1. The lowest BCUT2D eigenvalue weighted by molar-refractivity contribution is 0.417. The van der Waals surface area contributed by atoms with E-state index in [1.54, 1.807) is 12.1 Å². The van der Waals surface area contributed by atoms with Crippen LogP contribution in [0.3, 0.4) is 0 Å². The zero-order valence-electron chi connectivity index (χ0n) is 12.7. The average molecular weight is 278 g/mol. The number of rotatable bonds is 5. The molecule has 1 fully saturated rings. The van der Waals surface area contributed by atoms with Gasteiger partial charge in [-0.2, -0.15) is 0 Å². The molecule has 3 heteroatoms. The van der Waals surface area contributed by atoms with Crippen molar-refractivity contribution >= 4 is 5.69 Å². The minimum absolute atomic E-state index is 0.0561. The van der Waals surface area contributed by atoms with E-state index in [1.807, 2.05) is 13.0 Å². The quantitative estimate of drug-likeness (QED) is 0.885. The molecule has 2 N–H and O–H groups in total. The fraction of sp³-hybridized carbons (Fsp3) is 0.647. The van der Waals surface area contributed by atoms with E-state index in [2.05, 4.69) is 11.8 Å². The maximum Gasteiger partial charge on any atom is 0.123 e. The standard InChI is InChI=1S/C17H27FN2/c1-3-20(16-7-5-4-6-8-16)17-10-9-15(18)12-14(17)11-13(2)19/h9-10,12-13,16H,3-8,11,19H2,1-2H3. The van der Waals surface area contributed by atoms with E-state index in [-0.39, 0.29) is 11.9 Å². The van der Waals surface area contributed by atoms with E-state index in [1.165, 1.54) is 37.8 Å². The van der Waals surface area contributed by atoms with Crippen LogP contribution in [0.2, 0.25) is 0 Å². The SMILES string of the molecule is CCN(c1ccc(F)cc1CC(C)N)C1CCCCC1. The van der Waals surface area contributed by atoms with Crippen LogP contribution in [-0.4, -0.2) is 18.6 Å². The van der Waals surface area contributed by atoms with Gasteiger partial charge in [0.1, 0.15) is 5.82 Å². The molecule has 20 heavy (non-hydrogen) atoms. The smallest absolute Gasteiger partial charge is 0.123 e. The summed E-state index contributed by atoms with van der Waals surface area (Å²) in [5.41, 5.74) is 8.15. The molecule has 2 nitrogen and oxygen atoms in total. The van der Waals surface area contributed by atoms with Gasteiger partial charge < -0.3 is 10.6 Å². The fourth-order valence-electron chi connectivity index (χ4n) is 3.36. The molecular weight excluding hydrogens is 251 g/mol. The summed E-state index contributed by atoms with van der Waals surface area (Å²) in [5, 5.41) is 0. The lowest BCUT2D eigenvalue weighted by Gasteiger charge is -2.37. The molecule has 1 unspecified atom stereocenters. The summed E-state index contributed by atoms with van der Waals surface area (Å²) in [6.45, 7) is 5.14. The van der Waals surface area contributed by atoms with Crippen LogP contribution in [0.25, 0.3) is 0 Å². The summed E-state index contributed by atoms with van der Waals surface area (Å²) in [5.74, 6) is -0.163. The Bertz CT molecular complexity index is 425. The van der Waals surface area contributed by atoms with Gasteiger partial charge >= 0.3 is 0 Å². The number of halogens is 1. The molecule has 2 rings (SSSR count). The van der Waals surface area contributed by atoms with Crippen LogP contribution in [0.4, 0.5) is 10.1 Å². The first kappa shape index (κ1) is 15.3. The molecule has 0 aliphatic heterocycles. The topological polar surface area (TPSA) is 29.3 Å². The number of benzene rings is 1. The van der Waals surface area contributed by atoms with E-state index in [4.69, 9.17) is 5.73 Å². The van der Waals surface area contributed by atoms with Crippen LogP contribution in [0.5, 0.6) is 0 Å². The highest BCUT2D eigenvalue weighted by molar-refractivity contribution is 5.55. The summed E-state index contributed by atoms with van der Waals surface area (Å²) < 4.78 is 13.5. The molecule has 1 aromatic rings. The van der Waals surface area contributed by atoms with Gasteiger partial charge in [-0.1, -0.05) is 19.3 Å². The Morgan fingerprint density at radius 3 is 2.60 bits per heavy atom. The summed E-state index contributed by atoms with van der Waals surface area (Å²) in [6, 6.07) is 5.83. The highest BCUT2D eigenvalue weighted by atomic mass is 19.1. The van der Waals surface area contributed by atoms with Gasteiger partial charge in [-0.25, -0.2) is 4.39 Å². The van der Waals surface area contributed by atoms with Gasteiger partial charge in [0.15, 0.2) is 0 Å². The van der Waals surface area contributed by atoms with Gasteiger partial charge in [0.25, 0.3) is 0 Å². The molecule has 0 saturated heterocycles. The highest BCUT2D eigenvalue weighted by Crippen LogP contribution is 2.30. The van der Waals surface area contributed by atoms with Crippen LogP contribution < -0.4 is 10.6 Å². The summed E-state index contributed by atoms with van der Waals surface area (Å²) >= 11 is 0. The second-order valence-electron chi connectivity index (χ2n) is 6.03. The highest BCUT2D eigenvalue weighted by Gasteiger charge is 2.22. The Kier molecular flexibility index (Phi) is 5.41. The molecule has 1 aliphatic rings. The predicted molar refractivity (Wildman–Crippen MR) is 83.6 cm³/mol. The first-order chi connectivity index (χ1) is 9.61. The van der Waals surface area contributed by atoms with E-state index in [9.17, 15) is 4.39 Å². The number of anilines is 1. The third-order valence-electron chi connectivity index (χ3n) is 4.25. The third kappa shape index (κ3) is 3.72. The van der Waals surface area contributed by atoms with Crippen molar-refractivity contribution in [3.63, 3.8) is 0 Å². The molecule has 0 bridgehead atoms. The summed E-state index contributed by atoms with van der Waals surface area (Å²) in [4.78, 5) is 2.45. The minimum Gasteiger partial charge on any atom is -0.369 e. The molecule has 0 amide bonds. The van der Waals surface area contributed by atoms with Gasteiger partial charge in [-0.05, 0) is 56.9 Å². The van der Waals surface area contributed by atoms with Crippen LogP contribution in [0, 0.1) is 5.82 Å². The van der Waals surface area contributed by atoms with Crippen LogP contribution in [0.1, 0.15) is 51.5 Å². The largest absolute Gasteiger partial charge is 0.369 e. The van der Waals surface area contributed by atoms with Gasteiger partial charge in [-0.3, -0.25) is 0 Å². The first-order valence-corrected chi connectivity index (χ1v) is 7.92. The Labute approximate surface area is 122 Å². The van der Waals surface area contributed by atoms with Crippen LogP contribution in [0.15, 0.2) is 18.2 Å². The van der Waals surface area contributed by atoms with Crippen molar-refractivity contribution in [2.75, 3.05) is 11.4 Å². The summed E-state index contributed by atoms with van der Waals surface area (Å²) in [6.07, 6.45) is 7.21. The third-order valence-corrected chi connectivity index (χ3v) is 4.25. The van der Waals surface area contributed by atoms with E-state index in [0.717, 1.165) is 18.5 Å². The van der Waals surface area contributed by atoms with E-state index in [0.29, 0.717) is 6.04 Å². The van der Waals surface area contributed by atoms with Crippen molar-refractivity contribution in [3.05, 3.63) is 29.6 Å². The van der Waals surface area contributed by atoms with Gasteiger partial charge in [0.05, 0.1) is 0 Å². The Morgan fingerprint density at radius 2 is 2.00 bits per heavy atom. The van der Waals surface area contributed by atoms with Crippen molar-refractivity contribution in [1.29, 1.82) is 0 Å². The van der Waals surface area contributed by atoms with Gasteiger partial charge in [0, 0.05) is 24.3 Å². The van der Waals surface area contributed by atoms with Crippen molar-refractivity contribution in [2.24, 2.45) is 5.73 Å². The Hall–Kier alpha value is -1.09. The molecule has 1 atom stereocenters. The molecule has 1 aromatic carbocycles. The average Bonchev–Trinajstić information content (AvgIpc) is 2.42. The van der Waals surface area contributed by atoms with Crippen molar-refractivity contribution in [3.8, 4) is 0 Å². The summed E-state index contributed by atoms with van der Waals surface area (Å²) in [7, 11) is 0. The zero-order valence-corrected chi connectivity index (χ0v) is 12.7. The maximum absolute atomic E-state index is 13.5. The monoisotopic (exact) mass is 278 g/mol. The first-order valence-electron chi connectivity index (χ1n) is 7.92. The Balaban J connectivity index is 2.27. The predicted octanol–water partition coefficient (Wildman–Crippen LogP) is 3.87. The number of hydrogen-bond donors (Lipinski definition) is 1. The number of nitrogens with two attached hydrogens (primary N) is 1. The molecule has 1 saturated carbocycles. The minimum atomic E-state index is -0.163. The molecule has 0 spiro atoms.